The quantitative estimate of drug-likeness (QED) is 0.551. The summed E-state index contributed by atoms with van der Waals surface area (Å²) in [6, 6.07) is 3.60. The van der Waals surface area contributed by atoms with E-state index in [1.807, 2.05) is 4.90 Å². The maximum absolute atomic E-state index is 14.7. The topological polar surface area (TPSA) is 62.3 Å². The highest BCUT2D eigenvalue weighted by atomic mass is 79.9. The summed E-state index contributed by atoms with van der Waals surface area (Å²) in [5.41, 5.74) is 6.33. The molecule has 0 heterocycles. The van der Waals surface area contributed by atoms with E-state index in [0.717, 1.165) is 12.8 Å². The number of nitrogens with zero attached hydrogens (tertiary/aromatic N) is 1. The van der Waals surface area contributed by atoms with Gasteiger partial charge in [-0.1, -0.05) is 13.8 Å². The first-order valence-electron chi connectivity index (χ1n) is 7.05. The summed E-state index contributed by atoms with van der Waals surface area (Å²) in [6.07, 6.45) is 1.84. The Labute approximate surface area is 134 Å². The molecule has 118 valence electrons. The smallest absolute Gasteiger partial charge is 0.161 e. The molecule has 0 unspecified atom stereocenters. The van der Waals surface area contributed by atoms with Crippen LogP contribution in [0.4, 0.5) is 10.1 Å². The van der Waals surface area contributed by atoms with Crippen LogP contribution in [0.2, 0.25) is 0 Å². The van der Waals surface area contributed by atoms with Crippen LogP contribution in [0.3, 0.4) is 0 Å². The Kier molecular flexibility index (Phi) is 7.11. The number of rotatable bonds is 8. The summed E-state index contributed by atoms with van der Waals surface area (Å²) < 4.78 is 20.0. The number of benzene rings is 1. The van der Waals surface area contributed by atoms with Gasteiger partial charge in [0.1, 0.15) is 5.84 Å². The first-order chi connectivity index (χ1) is 9.97. The summed E-state index contributed by atoms with van der Waals surface area (Å²) in [6.45, 7) is 5.32. The number of halogens is 2. The highest BCUT2D eigenvalue weighted by Crippen LogP contribution is 2.31. The van der Waals surface area contributed by atoms with E-state index in [2.05, 4.69) is 29.8 Å². The van der Waals surface area contributed by atoms with Gasteiger partial charge in [-0.25, -0.2) is 4.39 Å². The monoisotopic (exact) mass is 359 g/mol. The van der Waals surface area contributed by atoms with Crippen LogP contribution in [0.15, 0.2) is 16.6 Å². The molecule has 0 aliphatic rings. The van der Waals surface area contributed by atoms with Crippen molar-refractivity contribution in [2.24, 2.45) is 5.73 Å². The lowest BCUT2D eigenvalue weighted by molar-refractivity contribution is 0.202. The molecule has 0 radical (unpaired) electrons. The summed E-state index contributed by atoms with van der Waals surface area (Å²) in [5.74, 6) is -0.538. The van der Waals surface area contributed by atoms with Crippen LogP contribution < -0.4 is 10.6 Å². The third kappa shape index (κ3) is 4.17. The standard InChI is InChI=1S/C15H23BrFN3O/c1-4-10(5-2)20(8-9-21-3)12-7-6-11(15(18)19)13(16)14(12)17/h6-7,10H,4-5,8-9H2,1-3H3,(H3,18,19). The highest BCUT2D eigenvalue weighted by molar-refractivity contribution is 9.10. The van der Waals surface area contributed by atoms with Crippen molar-refractivity contribution in [1.29, 1.82) is 5.41 Å². The van der Waals surface area contributed by atoms with Crippen LogP contribution in [-0.2, 0) is 4.74 Å². The number of nitrogen functional groups attached to an aromatic ring is 1. The molecule has 0 saturated carbocycles. The largest absolute Gasteiger partial charge is 0.384 e. The molecule has 6 heteroatoms. The lowest BCUT2D eigenvalue weighted by Crippen LogP contribution is -2.37. The van der Waals surface area contributed by atoms with Crippen LogP contribution in [0.5, 0.6) is 0 Å². The molecule has 1 rings (SSSR count). The van der Waals surface area contributed by atoms with Gasteiger partial charge in [0, 0.05) is 25.3 Å². The molecule has 3 N–H and O–H groups in total. The Balaban J connectivity index is 3.24. The number of amidine groups is 1. The Morgan fingerprint density at radius 2 is 2.05 bits per heavy atom. The van der Waals surface area contributed by atoms with Crippen molar-refractivity contribution in [3.8, 4) is 0 Å². The zero-order valence-electron chi connectivity index (χ0n) is 12.7. The van der Waals surface area contributed by atoms with Gasteiger partial charge in [-0.05, 0) is 40.9 Å². The average molecular weight is 360 g/mol. The van der Waals surface area contributed by atoms with Gasteiger partial charge >= 0.3 is 0 Å². The Bertz CT molecular complexity index is 492. The number of hydrogen-bond acceptors (Lipinski definition) is 3. The molecule has 0 fully saturated rings. The van der Waals surface area contributed by atoms with Crippen LogP contribution in [0.25, 0.3) is 0 Å². The first kappa shape index (κ1) is 17.9. The Hall–Kier alpha value is -1.14. The molecule has 21 heavy (non-hydrogen) atoms. The fourth-order valence-electron chi connectivity index (χ4n) is 2.39. The maximum Gasteiger partial charge on any atom is 0.161 e. The van der Waals surface area contributed by atoms with Crippen molar-refractivity contribution >= 4 is 27.5 Å². The minimum Gasteiger partial charge on any atom is -0.384 e. The summed E-state index contributed by atoms with van der Waals surface area (Å²) in [4.78, 5) is 2.02. The van der Waals surface area contributed by atoms with E-state index in [0.29, 0.717) is 24.4 Å². The zero-order chi connectivity index (χ0) is 16.0. The summed E-state index contributed by atoms with van der Waals surface area (Å²) in [7, 11) is 1.64. The normalized spacial score (nSPS) is 11.0. The van der Waals surface area contributed by atoms with Gasteiger partial charge < -0.3 is 15.4 Å². The van der Waals surface area contributed by atoms with E-state index < -0.39 is 0 Å². The minimum atomic E-state index is -0.384. The van der Waals surface area contributed by atoms with Crippen molar-refractivity contribution < 1.29 is 9.13 Å². The van der Waals surface area contributed by atoms with E-state index in [-0.39, 0.29) is 22.2 Å². The van der Waals surface area contributed by atoms with Gasteiger partial charge in [-0.3, -0.25) is 5.41 Å². The lowest BCUT2D eigenvalue weighted by Gasteiger charge is -2.33. The number of ether oxygens (including phenoxy) is 1. The van der Waals surface area contributed by atoms with Crippen molar-refractivity contribution in [2.75, 3.05) is 25.2 Å². The van der Waals surface area contributed by atoms with Crippen LogP contribution in [0.1, 0.15) is 32.3 Å². The number of hydrogen-bond donors (Lipinski definition) is 2. The molecule has 0 spiro atoms. The first-order valence-corrected chi connectivity index (χ1v) is 7.85. The molecule has 0 aliphatic heterocycles. The van der Waals surface area contributed by atoms with Gasteiger partial charge in [0.2, 0.25) is 0 Å². The second-order valence-corrected chi connectivity index (χ2v) is 5.62. The third-order valence-corrected chi connectivity index (χ3v) is 4.36. The number of methoxy groups -OCH3 is 1. The average Bonchev–Trinajstić information content (AvgIpc) is 2.46. The third-order valence-electron chi connectivity index (χ3n) is 3.58. The van der Waals surface area contributed by atoms with Crippen LogP contribution >= 0.6 is 15.9 Å². The van der Waals surface area contributed by atoms with E-state index >= 15 is 0 Å². The van der Waals surface area contributed by atoms with Gasteiger partial charge in [0.15, 0.2) is 5.82 Å². The predicted molar refractivity (Wildman–Crippen MR) is 88.7 cm³/mol. The van der Waals surface area contributed by atoms with Gasteiger partial charge in [-0.15, -0.1) is 0 Å². The molecule has 4 nitrogen and oxygen atoms in total. The second kappa shape index (κ2) is 8.34. The van der Waals surface area contributed by atoms with E-state index in [1.165, 1.54) is 0 Å². The Morgan fingerprint density at radius 3 is 2.52 bits per heavy atom. The van der Waals surface area contributed by atoms with E-state index in [4.69, 9.17) is 15.9 Å². The maximum atomic E-state index is 14.7. The van der Waals surface area contributed by atoms with Gasteiger partial charge in [-0.2, -0.15) is 0 Å². The Morgan fingerprint density at radius 1 is 1.43 bits per heavy atom. The van der Waals surface area contributed by atoms with Crippen molar-refractivity contribution in [1.82, 2.24) is 0 Å². The fourth-order valence-corrected chi connectivity index (χ4v) is 2.94. The zero-order valence-corrected chi connectivity index (χ0v) is 14.3. The van der Waals surface area contributed by atoms with Crippen molar-refractivity contribution in [3.63, 3.8) is 0 Å². The number of anilines is 1. The van der Waals surface area contributed by atoms with Gasteiger partial charge in [0.25, 0.3) is 0 Å². The minimum absolute atomic E-state index is 0.154. The van der Waals surface area contributed by atoms with Gasteiger partial charge in [0.05, 0.1) is 16.8 Å². The fraction of sp³-hybridized carbons (Fsp3) is 0.533. The molecule has 1 aromatic carbocycles. The molecule has 0 saturated heterocycles. The lowest BCUT2D eigenvalue weighted by atomic mass is 10.1. The number of nitrogens with two attached hydrogens (primary N) is 1. The molecular weight excluding hydrogens is 337 g/mol. The molecule has 0 amide bonds. The van der Waals surface area contributed by atoms with Crippen molar-refractivity contribution in [3.05, 3.63) is 28.0 Å². The van der Waals surface area contributed by atoms with Crippen LogP contribution in [0, 0.1) is 11.2 Å². The molecule has 0 aliphatic carbocycles. The molecule has 0 aromatic heterocycles. The van der Waals surface area contributed by atoms with Crippen molar-refractivity contribution in [2.45, 2.75) is 32.7 Å². The van der Waals surface area contributed by atoms with Crippen LogP contribution in [-0.4, -0.2) is 32.1 Å². The number of nitrogens with one attached hydrogen (secondary N) is 1. The van der Waals surface area contributed by atoms with E-state index in [9.17, 15) is 4.39 Å². The van der Waals surface area contributed by atoms with E-state index in [1.54, 1.807) is 19.2 Å². The SMILES string of the molecule is CCC(CC)N(CCOC)c1ccc(C(=N)N)c(Br)c1F. The predicted octanol–water partition coefficient (Wildman–Crippen LogP) is 3.51. The summed E-state index contributed by atoms with van der Waals surface area (Å²) >= 11 is 3.21. The molecular formula is C15H23BrFN3O. The highest BCUT2D eigenvalue weighted by Gasteiger charge is 2.22. The second-order valence-electron chi connectivity index (χ2n) is 4.83. The summed E-state index contributed by atoms with van der Waals surface area (Å²) in [5, 5.41) is 7.47. The molecule has 0 bridgehead atoms. The molecule has 0 atom stereocenters. The molecule has 1 aromatic rings.